The zero-order chi connectivity index (χ0) is 15.5. The summed E-state index contributed by atoms with van der Waals surface area (Å²) in [5.74, 6) is 0.0597. The highest BCUT2D eigenvalue weighted by molar-refractivity contribution is 6.30. The van der Waals surface area contributed by atoms with Crippen molar-refractivity contribution in [1.29, 1.82) is 0 Å². The Morgan fingerprint density at radius 2 is 1.43 bits per heavy atom. The Labute approximate surface area is 125 Å². The highest BCUT2D eigenvalue weighted by atomic mass is 35.5. The number of phenols is 1. The predicted octanol–water partition coefficient (Wildman–Crippen LogP) is 4.29. The van der Waals surface area contributed by atoms with E-state index >= 15 is 0 Å². The van der Waals surface area contributed by atoms with Crippen LogP contribution in [0.4, 0.5) is 13.2 Å². The Morgan fingerprint density at radius 3 is 1.90 bits per heavy atom. The Hall–Kier alpha value is -1.72. The maximum absolute atomic E-state index is 12.5. The standard InChI is InChI=1S/C15H13ClF3NO/c16-12-5-1-10(2-6-12)14(20-9-15(17,18)19)11-3-7-13(21)8-4-11/h1-8,14,20-21H,9H2. The maximum Gasteiger partial charge on any atom is 0.401 e. The molecule has 0 saturated carbocycles. The second kappa shape index (κ2) is 6.37. The second-order valence-electron chi connectivity index (χ2n) is 4.57. The fourth-order valence-corrected chi connectivity index (χ4v) is 2.09. The first kappa shape index (κ1) is 15.7. The van der Waals surface area contributed by atoms with E-state index in [0.717, 1.165) is 0 Å². The fraction of sp³-hybridized carbons (Fsp3) is 0.200. The molecule has 2 N–H and O–H groups in total. The molecule has 0 aliphatic rings. The average Bonchev–Trinajstić information content (AvgIpc) is 2.41. The van der Waals surface area contributed by atoms with Crippen LogP contribution in [0.2, 0.25) is 5.02 Å². The van der Waals surface area contributed by atoms with E-state index in [1.807, 2.05) is 0 Å². The molecule has 1 unspecified atom stereocenters. The van der Waals surface area contributed by atoms with Crippen molar-refractivity contribution in [3.8, 4) is 5.75 Å². The summed E-state index contributed by atoms with van der Waals surface area (Å²) in [7, 11) is 0. The monoisotopic (exact) mass is 315 g/mol. The highest BCUT2D eigenvalue weighted by Crippen LogP contribution is 2.26. The number of phenolic OH excluding ortho intramolecular Hbond substituents is 1. The Bertz CT molecular complexity index is 536. The first-order valence-corrected chi connectivity index (χ1v) is 6.57. The van der Waals surface area contributed by atoms with Gasteiger partial charge in [0.15, 0.2) is 0 Å². The van der Waals surface area contributed by atoms with E-state index in [1.165, 1.54) is 12.1 Å². The van der Waals surface area contributed by atoms with E-state index in [0.29, 0.717) is 16.1 Å². The van der Waals surface area contributed by atoms with Crippen LogP contribution in [0.15, 0.2) is 48.5 Å². The summed E-state index contributed by atoms with van der Waals surface area (Å²) < 4.78 is 37.4. The molecule has 0 radical (unpaired) electrons. The van der Waals surface area contributed by atoms with Crippen LogP contribution in [0.1, 0.15) is 17.2 Å². The van der Waals surface area contributed by atoms with Crippen molar-refractivity contribution in [2.24, 2.45) is 0 Å². The van der Waals surface area contributed by atoms with Crippen molar-refractivity contribution in [3.05, 3.63) is 64.7 Å². The van der Waals surface area contributed by atoms with Crippen molar-refractivity contribution < 1.29 is 18.3 Å². The van der Waals surface area contributed by atoms with Gasteiger partial charge in [0, 0.05) is 5.02 Å². The highest BCUT2D eigenvalue weighted by Gasteiger charge is 2.28. The Kier molecular flexibility index (Phi) is 4.75. The molecule has 21 heavy (non-hydrogen) atoms. The molecule has 2 aromatic rings. The molecule has 2 rings (SSSR count). The van der Waals surface area contributed by atoms with E-state index in [-0.39, 0.29) is 5.75 Å². The van der Waals surface area contributed by atoms with Crippen molar-refractivity contribution in [3.63, 3.8) is 0 Å². The molecule has 0 aromatic heterocycles. The number of nitrogens with one attached hydrogen (secondary N) is 1. The van der Waals surface area contributed by atoms with E-state index in [2.05, 4.69) is 5.32 Å². The minimum absolute atomic E-state index is 0.0597. The summed E-state index contributed by atoms with van der Waals surface area (Å²) in [4.78, 5) is 0. The van der Waals surface area contributed by atoms with Crippen LogP contribution < -0.4 is 5.32 Å². The van der Waals surface area contributed by atoms with Gasteiger partial charge in [0.1, 0.15) is 5.75 Å². The van der Waals surface area contributed by atoms with E-state index in [9.17, 15) is 18.3 Å². The van der Waals surface area contributed by atoms with Gasteiger partial charge in [-0.1, -0.05) is 35.9 Å². The molecule has 2 aromatic carbocycles. The predicted molar refractivity (Wildman–Crippen MR) is 75.5 cm³/mol. The summed E-state index contributed by atoms with van der Waals surface area (Å²) in [6, 6.07) is 12.0. The van der Waals surface area contributed by atoms with E-state index < -0.39 is 18.8 Å². The molecular weight excluding hydrogens is 303 g/mol. The molecular formula is C15H13ClF3NO. The smallest absolute Gasteiger partial charge is 0.401 e. The third kappa shape index (κ3) is 4.65. The number of hydrogen-bond acceptors (Lipinski definition) is 2. The topological polar surface area (TPSA) is 32.3 Å². The molecule has 0 heterocycles. The molecule has 0 aliphatic carbocycles. The fourth-order valence-electron chi connectivity index (χ4n) is 1.97. The molecule has 0 fully saturated rings. The van der Waals surface area contributed by atoms with Gasteiger partial charge in [-0.25, -0.2) is 0 Å². The van der Waals surface area contributed by atoms with Gasteiger partial charge in [-0.2, -0.15) is 13.2 Å². The van der Waals surface area contributed by atoms with E-state index in [1.54, 1.807) is 36.4 Å². The number of alkyl halides is 3. The van der Waals surface area contributed by atoms with E-state index in [4.69, 9.17) is 11.6 Å². The molecule has 2 nitrogen and oxygen atoms in total. The minimum Gasteiger partial charge on any atom is -0.508 e. The van der Waals surface area contributed by atoms with Crippen LogP contribution in [0.3, 0.4) is 0 Å². The van der Waals surface area contributed by atoms with Crippen LogP contribution in [0.5, 0.6) is 5.75 Å². The summed E-state index contributed by atoms with van der Waals surface area (Å²) in [6.07, 6.45) is -4.30. The number of benzene rings is 2. The minimum atomic E-state index is -4.30. The number of halogens is 4. The maximum atomic E-state index is 12.5. The SMILES string of the molecule is Oc1ccc(C(NCC(F)(F)F)c2ccc(Cl)cc2)cc1. The van der Waals surface area contributed by atoms with Crippen LogP contribution in [-0.4, -0.2) is 17.8 Å². The third-order valence-corrected chi connectivity index (χ3v) is 3.19. The van der Waals surface area contributed by atoms with Gasteiger partial charge in [-0.05, 0) is 35.4 Å². The molecule has 0 spiro atoms. The molecule has 1 atom stereocenters. The number of rotatable bonds is 4. The van der Waals surface area contributed by atoms with Crippen LogP contribution in [0, 0.1) is 0 Å². The first-order chi connectivity index (χ1) is 9.85. The lowest BCUT2D eigenvalue weighted by molar-refractivity contribution is -0.125. The Morgan fingerprint density at radius 1 is 0.952 bits per heavy atom. The lowest BCUT2D eigenvalue weighted by Crippen LogP contribution is -2.32. The quantitative estimate of drug-likeness (QED) is 0.882. The van der Waals surface area contributed by atoms with Crippen LogP contribution in [0.25, 0.3) is 0 Å². The van der Waals surface area contributed by atoms with Gasteiger partial charge >= 0.3 is 6.18 Å². The van der Waals surface area contributed by atoms with Gasteiger partial charge in [-0.3, -0.25) is 5.32 Å². The number of aromatic hydroxyl groups is 1. The van der Waals surface area contributed by atoms with Crippen molar-refractivity contribution in [2.75, 3.05) is 6.54 Å². The molecule has 6 heteroatoms. The summed E-state index contributed by atoms with van der Waals surface area (Å²) >= 11 is 5.80. The zero-order valence-corrected chi connectivity index (χ0v) is 11.6. The molecule has 0 bridgehead atoms. The van der Waals surface area contributed by atoms with Gasteiger partial charge in [0.2, 0.25) is 0 Å². The van der Waals surface area contributed by atoms with Crippen LogP contribution in [-0.2, 0) is 0 Å². The molecule has 0 saturated heterocycles. The summed E-state index contributed by atoms with van der Waals surface area (Å²) in [5, 5.41) is 12.3. The van der Waals surface area contributed by atoms with Gasteiger partial charge in [-0.15, -0.1) is 0 Å². The first-order valence-electron chi connectivity index (χ1n) is 6.20. The second-order valence-corrected chi connectivity index (χ2v) is 5.01. The molecule has 0 amide bonds. The summed E-state index contributed by atoms with van der Waals surface area (Å²) in [5.41, 5.74) is 1.29. The lowest BCUT2D eigenvalue weighted by atomic mass is 9.98. The normalized spacial score (nSPS) is 13.1. The van der Waals surface area contributed by atoms with Gasteiger partial charge in [0.05, 0.1) is 12.6 Å². The largest absolute Gasteiger partial charge is 0.508 e. The van der Waals surface area contributed by atoms with Crippen molar-refractivity contribution >= 4 is 11.6 Å². The summed E-state index contributed by atoms with van der Waals surface area (Å²) in [6.45, 7) is -1.11. The lowest BCUT2D eigenvalue weighted by Gasteiger charge is -2.21. The Balaban J connectivity index is 2.29. The van der Waals surface area contributed by atoms with Gasteiger partial charge < -0.3 is 5.11 Å². The molecule has 0 aliphatic heterocycles. The molecule has 112 valence electrons. The van der Waals surface area contributed by atoms with Gasteiger partial charge in [0.25, 0.3) is 0 Å². The van der Waals surface area contributed by atoms with Crippen molar-refractivity contribution in [2.45, 2.75) is 12.2 Å². The third-order valence-electron chi connectivity index (χ3n) is 2.94. The number of hydrogen-bond donors (Lipinski definition) is 2. The van der Waals surface area contributed by atoms with Crippen LogP contribution >= 0.6 is 11.6 Å². The average molecular weight is 316 g/mol. The zero-order valence-electron chi connectivity index (χ0n) is 10.9. The van der Waals surface area contributed by atoms with Crippen molar-refractivity contribution in [1.82, 2.24) is 5.32 Å².